The van der Waals surface area contributed by atoms with E-state index in [0.717, 1.165) is 35.3 Å². The molecule has 3 aliphatic heterocycles. The monoisotopic (exact) mass is 590 g/mol. The number of cyclic esters (lactones) is 1. The molecule has 0 bridgehead atoms. The summed E-state index contributed by atoms with van der Waals surface area (Å²) in [4.78, 5) is 50.4. The van der Waals surface area contributed by atoms with Crippen LogP contribution in [0.4, 0.5) is 10.5 Å². The predicted octanol–water partition coefficient (Wildman–Crippen LogP) is 4.21. The molecule has 5 heterocycles. The van der Waals surface area contributed by atoms with Gasteiger partial charge in [-0.25, -0.2) is 14.8 Å². The first-order valence-electron chi connectivity index (χ1n) is 13.6. The summed E-state index contributed by atoms with van der Waals surface area (Å²) in [5, 5.41) is 8.38. The normalized spacial score (nSPS) is 20.0. The summed E-state index contributed by atoms with van der Waals surface area (Å²) in [5.41, 5.74) is 3.72. The molecule has 2 aromatic heterocycles. The van der Waals surface area contributed by atoms with E-state index in [2.05, 4.69) is 10.6 Å². The summed E-state index contributed by atoms with van der Waals surface area (Å²) in [6.45, 7) is 3.75. The Labute approximate surface area is 244 Å². The van der Waals surface area contributed by atoms with Gasteiger partial charge in [0, 0.05) is 41.8 Å². The number of thiazole rings is 1. The lowest BCUT2D eigenvalue weighted by Crippen LogP contribution is -2.45. The minimum Gasteiger partial charge on any atom is -0.447 e. The standard InChI is InChI=1S/C29H27ClN6O4S/c1-15-32-24-11-20(27-34-22-6-8-31-26(37)25(22)41-27)23(33-18-7-9-35-19(10-18)14-40-29(35)39)12-21(24)28(38)36(15)13-16-2-4-17(30)5-3-16/h2-5,11-12,18-19,33H,6-10,13-14H2,1H3,(H,31,37)/t18-,19-/m0/s1. The largest absolute Gasteiger partial charge is 0.447 e. The number of anilines is 1. The van der Waals surface area contributed by atoms with Crippen LogP contribution in [-0.2, 0) is 17.7 Å². The molecule has 2 atom stereocenters. The van der Waals surface area contributed by atoms with E-state index < -0.39 is 0 Å². The van der Waals surface area contributed by atoms with E-state index in [-0.39, 0.29) is 29.6 Å². The van der Waals surface area contributed by atoms with Crippen molar-refractivity contribution in [2.75, 3.05) is 25.0 Å². The Morgan fingerprint density at radius 3 is 2.80 bits per heavy atom. The molecule has 2 fully saturated rings. The fraction of sp³-hybridized carbons (Fsp3) is 0.345. The molecular formula is C29H27ClN6O4S. The molecule has 2 N–H and O–H groups in total. The highest BCUT2D eigenvalue weighted by atomic mass is 35.5. The van der Waals surface area contributed by atoms with Crippen LogP contribution in [0.1, 0.15) is 39.6 Å². The number of hydrogen-bond donors (Lipinski definition) is 2. The van der Waals surface area contributed by atoms with E-state index in [4.69, 9.17) is 26.3 Å². The van der Waals surface area contributed by atoms with Crippen LogP contribution in [0.25, 0.3) is 21.5 Å². The maximum Gasteiger partial charge on any atom is 0.410 e. The van der Waals surface area contributed by atoms with E-state index in [0.29, 0.717) is 64.3 Å². The molecule has 2 aromatic carbocycles. The van der Waals surface area contributed by atoms with Crippen LogP contribution in [0.5, 0.6) is 0 Å². The van der Waals surface area contributed by atoms with Gasteiger partial charge < -0.3 is 20.3 Å². The zero-order valence-electron chi connectivity index (χ0n) is 22.3. The van der Waals surface area contributed by atoms with E-state index in [1.165, 1.54) is 11.3 Å². The molecule has 0 spiro atoms. The van der Waals surface area contributed by atoms with Crippen molar-refractivity contribution in [1.82, 2.24) is 24.8 Å². The number of piperidine rings is 1. The summed E-state index contributed by atoms with van der Waals surface area (Å²) in [6.07, 6.45) is 1.89. The van der Waals surface area contributed by atoms with Gasteiger partial charge in [0.05, 0.1) is 29.2 Å². The quantitative estimate of drug-likeness (QED) is 0.357. The summed E-state index contributed by atoms with van der Waals surface area (Å²) in [5.74, 6) is 0.489. The Balaban J connectivity index is 1.31. The van der Waals surface area contributed by atoms with Gasteiger partial charge in [-0.15, -0.1) is 11.3 Å². The van der Waals surface area contributed by atoms with Crippen LogP contribution in [-0.4, -0.2) is 63.2 Å². The van der Waals surface area contributed by atoms with Crippen molar-refractivity contribution >= 4 is 51.5 Å². The first-order chi connectivity index (χ1) is 19.8. The van der Waals surface area contributed by atoms with E-state index in [1.54, 1.807) is 9.47 Å². The smallest absolute Gasteiger partial charge is 0.410 e. The van der Waals surface area contributed by atoms with Gasteiger partial charge in [0.25, 0.3) is 11.5 Å². The average Bonchev–Trinajstić information content (AvgIpc) is 3.56. The number of amides is 2. The van der Waals surface area contributed by atoms with Gasteiger partial charge in [-0.1, -0.05) is 23.7 Å². The van der Waals surface area contributed by atoms with Crippen molar-refractivity contribution in [3.8, 4) is 10.6 Å². The minimum absolute atomic E-state index is 0.0226. The Bertz CT molecular complexity index is 1770. The number of halogens is 1. The second-order valence-electron chi connectivity index (χ2n) is 10.7. The molecule has 12 heteroatoms. The molecule has 0 saturated carbocycles. The summed E-state index contributed by atoms with van der Waals surface area (Å²) in [7, 11) is 0. The molecule has 0 aliphatic carbocycles. The van der Waals surface area contributed by atoms with Crippen molar-refractivity contribution in [2.45, 2.75) is 44.8 Å². The number of aromatic nitrogens is 3. The van der Waals surface area contributed by atoms with Crippen molar-refractivity contribution in [3.63, 3.8) is 0 Å². The lowest BCUT2D eigenvalue weighted by atomic mass is 9.97. The van der Waals surface area contributed by atoms with E-state index >= 15 is 0 Å². The van der Waals surface area contributed by atoms with Crippen LogP contribution in [0, 0.1) is 6.92 Å². The van der Waals surface area contributed by atoms with Crippen LogP contribution in [0.2, 0.25) is 5.02 Å². The minimum atomic E-state index is -0.255. The zero-order valence-corrected chi connectivity index (χ0v) is 23.8. The predicted molar refractivity (Wildman–Crippen MR) is 157 cm³/mol. The fourth-order valence-corrected chi connectivity index (χ4v) is 7.06. The fourth-order valence-electron chi connectivity index (χ4n) is 5.87. The molecule has 7 rings (SSSR count). The number of ether oxygens (including phenoxy) is 1. The Kier molecular flexibility index (Phi) is 6.43. The molecule has 3 aliphatic rings. The molecule has 210 valence electrons. The molecule has 10 nitrogen and oxygen atoms in total. The number of rotatable bonds is 5. The maximum atomic E-state index is 13.8. The van der Waals surface area contributed by atoms with Gasteiger partial charge in [0.1, 0.15) is 22.3 Å². The number of benzene rings is 2. The van der Waals surface area contributed by atoms with Gasteiger partial charge >= 0.3 is 6.09 Å². The Morgan fingerprint density at radius 2 is 2.00 bits per heavy atom. The van der Waals surface area contributed by atoms with E-state index in [9.17, 15) is 14.4 Å². The number of nitrogens with one attached hydrogen (secondary N) is 2. The molecule has 2 amide bonds. The number of carbonyl (C=O) groups is 2. The summed E-state index contributed by atoms with van der Waals surface area (Å²) < 4.78 is 6.92. The van der Waals surface area contributed by atoms with E-state index in [1.807, 2.05) is 43.3 Å². The second-order valence-corrected chi connectivity index (χ2v) is 12.1. The molecule has 0 radical (unpaired) electrons. The number of hydrogen-bond acceptors (Lipinski definition) is 8. The first-order valence-corrected chi connectivity index (χ1v) is 14.8. The summed E-state index contributed by atoms with van der Waals surface area (Å²) >= 11 is 7.41. The van der Waals surface area contributed by atoms with Crippen LogP contribution < -0.4 is 16.2 Å². The molecule has 4 aromatic rings. The van der Waals surface area contributed by atoms with Gasteiger partial charge in [-0.2, -0.15) is 0 Å². The molecule has 0 unspecified atom stereocenters. The van der Waals surface area contributed by atoms with Crippen LogP contribution in [0.15, 0.2) is 41.2 Å². The highest BCUT2D eigenvalue weighted by Gasteiger charge is 2.38. The number of aryl methyl sites for hydroxylation is 1. The van der Waals surface area contributed by atoms with Gasteiger partial charge in [0.15, 0.2) is 0 Å². The molecule has 41 heavy (non-hydrogen) atoms. The van der Waals surface area contributed by atoms with Crippen molar-refractivity contribution in [1.29, 1.82) is 0 Å². The third-order valence-corrected chi connectivity index (χ3v) is 9.41. The third-order valence-electron chi connectivity index (χ3n) is 8.03. The third kappa shape index (κ3) is 4.72. The number of fused-ring (bicyclic) bond motifs is 3. The van der Waals surface area contributed by atoms with Gasteiger partial charge in [-0.3, -0.25) is 14.2 Å². The van der Waals surface area contributed by atoms with Gasteiger partial charge in [0.2, 0.25) is 0 Å². The lowest BCUT2D eigenvalue weighted by molar-refractivity contribution is 0.0949. The lowest BCUT2D eigenvalue weighted by Gasteiger charge is -2.33. The van der Waals surface area contributed by atoms with Crippen molar-refractivity contribution in [3.05, 3.63) is 73.7 Å². The Morgan fingerprint density at radius 1 is 1.17 bits per heavy atom. The highest BCUT2D eigenvalue weighted by Crippen LogP contribution is 2.38. The maximum absolute atomic E-state index is 13.8. The second kappa shape index (κ2) is 10.1. The van der Waals surface area contributed by atoms with Gasteiger partial charge in [-0.05, 0) is 49.6 Å². The number of nitrogens with zero attached hydrogens (tertiary/aromatic N) is 4. The topological polar surface area (TPSA) is 118 Å². The van der Waals surface area contributed by atoms with Crippen molar-refractivity contribution in [2.24, 2.45) is 0 Å². The van der Waals surface area contributed by atoms with Crippen molar-refractivity contribution < 1.29 is 14.3 Å². The number of carbonyl (C=O) groups excluding carboxylic acids is 2. The highest BCUT2D eigenvalue weighted by molar-refractivity contribution is 7.17. The zero-order chi connectivity index (χ0) is 28.2. The Hall–Kier alpha value is -3.96. The van der Waals surface area contributed by atoms with Crippen LogP contribution >= 0.6 is 22.9 Å². The summed E-state index contributed by atoms with van der Waals surface area (Å²) in [6, 6.07) is 11.3. The van der Waals surface area contributed by atoms with Crippen LogP contribution in [0.3, 0.4) is 0 Å². The first kappa shape index (κ1) is 26.0. The molecule has 2 saturated heterocycles. The molecular weight excluding hydrogens is 564 g/mol. The SMILES string of the molecule is Cc1nc2cc(-c3nc4c(s3)C(=O)NCC4)c(N[C@H]3CCN4C(=O)OC[C@@H]4C3)cc2c(=O)n1Cc1ccc(Cl)cc1. The average molecular weight is 591 g/mol.